The molecule has 1 aliphatic carbocycles. The normalized spacial score (nSPS) is 25.7. The summed E-state index contributed by atoms with van der Waals surface area (Å²) in [6, 6.07) is 5.16. The third-order valence-electron chi connectivity index (χ3n) is 12.7. The second-order valence-electron chi connectivity index (χ2n) is 17.1. The van der Waals surface area contributed by atoms with Crippen LogP contribution in [0.1, 0.15) is 92.1 Å². The number of pyridine rings is 1. The third kappa shape index (κ3) is 6.95. The molecule has 3 aliphatic rings. The van der Waals surface area contributed by atoms with Crippen molar-refractivity contribution in [2.45, 2.75) is 110 Å². The largest absolute Gasteiger partial charge is 0.508 e. The second-order valence-corrected chi connectivity index (χ2v) is 22.7. The molecule has 4 atom stereocenters. The molecule has 0 bridgehead atoms. The molecule has 0 radical (unpaired) electrons. The summed E-state index contributed by atoms with van der Waals surface area (Å²) in [5.74, 6) is 2.83. The molecule has 56 heavy (non-hydrogen) atoms. The molecule has 7 rings (SSSR count). The van der Waals surface area contributed by atoms with Crippen LogP contribution in [0.4, 0.5) is 19.0 Å². The van der Waals surface area contributed by atoms with Gasteiger partial charge in [0.1, 0.15) is 38.2 Å². The van der Waals surface area contributed by atoms with Gasteiger partial charge >= 0.3 is 6.01 Å². The first-order valence-electron chi connectivity index (χ1n) is 22.4. The molecule has 2 saturated heterocycles. The maximum absolute atomic E-state index is 16.2. The smallest absolute Gasteiger partial charge is 0.318 e. The van der Waals surface area contributed by atoms with Crippen LogP contribution < -0.4 is 9.64 Å². The van der Waals surface area contributed by atoms with Crippen LogP contribution in [-0.2, 0) is 0 Å². The van der Waals surface area contributed by atoms with Crippen LogP contribution in [0.25, 0.3) is 32.9 Å². The number of halogens is 3. The zero-order chi connectivity index (χ0) is 44.6. The van der Waals surface area contributed by atoms with Crippen molar-refractivity contribution in [3.05, 3.63) is 59.3 Å². The number of aryl methyl sites for hydroxylation is 1. The molecule has 1 N–H and O–H groups in total. The molecule has 298 valence electrons. The number of piperidine rings is 1. The van der Waals surface area contributed by atoms with E-state index in [1.54, 1.807) is 25.3 Å². The highest BCUT2D eigenvalue weighted by Crippen LogP contribution is 2.48. The molecule has 11 heteroatoms. The van der Waals surface area contributed by atoms with Gasteiger partial charge in [0.2, 0.25) is 0 Å². The Hall–Kier alpha value is -4.14. The number of phenolic OH excluding ortho intramolecular Hbond substituents is 1. The van der Waals surface area contributed by atoms with Crippen LogP contribution in [-0.4, -0.2) is 78.4 Å². The number of nitrogens with zero attached hydrogens (tertiary/aromatic N) is 5. The lowest BCUT2D eigenvalue weighted by Gasteiger charge is -2.40. The maximum Gasteiger partial charge on any atom is 0.318 e. The number of hydrogen-bond acceptors (Lipinski definition) is 7. The molecular formula is C45H56F3N5O2Si. The molecule has 0 amide bonds. The molecule has 2 aromatic heterocycles. The average molecular weight is 789 g/mol. The Kier molecular flexibility index (Phi) is 9.28. The van der Waals surface area contributed by atoms with Crippen LogP contribution in [0, 0.1) is 35.5 Å². The van der Waals surface area contributed by atoms with E-state index >= 15 is 8.78 Å². The van der Waals surface area contributed by atoms with Crippen molar-refractivity contribution < 1.29 is 29.9 Å². The summed E-state index contributed by atoms with van der Waals surface area (Å²) in [5.41, 5.74) is 4.52. The predicted molar refractivity (Wildman–Crippen MR) is 223 cm³/mol. The first-order valence-corrected chi connectivity index (χ1v) is 22.1. The Balaban J connectivity index is 1.45. The molecule has 7 nitrogen and oxygen atoms in total. The average Bonchev–Trinajstić information content (AvgIpc) is 3.87. The Labute approximate surface area is 337 Å². The van der Waals surface area contributed by atoms with Crippen molar-refractivity contribution in [3.8, 4) is 34.5 Å². The molecule has 4 aromatic rings. The molecule has 1 saturated carbocycles. The number of aromatic hydroxyl groups is 1. The minimum Gasteiger partial charge on any atom is -0.508 e. The van der Waals surface area contributed by atoms with Crippen molar-refractivity contribution in [1.82, 2.24) is 19.9 Å². The first kappa shape index (κ1) is 33.9. The standard InChI is InChI=1S/C45H56F3N5O2Si/c1-26(2)56(27(3)4,28(5)6)19-16-33-37(47)14-13-30-20-32(54)21-35(38(30)33)40-29(7)41-36(23-49-40)43(53-17-11-10-12-34-39(48)42(34)53)51-44(50-41)55-25-45(8)24-52(9)18-15-31(45)22-46/h13-14,20-23,26-28,34,39,42,54H,10-12,15,17-18,24-25H2,1-9H3/b31-22+/t34-,39-,42-,45-/m0/s1/i9D3,25D2. The van der Waals surface area contributed by atoms with E-state index in [0.717, 1.165) is 24.2 Å². The fourth-order valence-corrected chi connectivity index (χ4v) is 14.9. The molecule has 3 fully saturated rings. The first-order chi connectivity index (χ1) is 28.6. The van der Waals surface area contributed by atoms with Gasteiger partial charge in [-0.2, -0.15) is 9.97 Å². The Morgan fingerprint density at radius 3 is 2.57 bits per heavy atom. The van der Waals surface area contributed by atoms with Crippen LogP contribution in [0.2, 0.25) is 16.6 Å². The fraction of sp³-hybridized carbons (Fsp3) is 0.533. The minimum absolute atomic E-state index is 0.00232. The zero-order valence-corrected chi connectivity index (χ0v) is 34.6. The van der Waals surface area contributed by atoms with Gasteiger partial charge in [-0.3, -0.25) is 4.98 Å². The van der Waals surface area contributed by atoms with E-state index in [2.05, 4.69) is 53.0 Å². The van der Waals surface area contributed by atoms with Gasteiger partial charge in [-0.25, -0.2) is 13.2 Å². The molecule has 0 spiro atoms. The summed E-state index contributed by atoms with van der Waals surface area (Å²) in [4.78, 5) is 17.4. The highest BCUT2D eigenvalue weighted by atomic mass is 28.3. The molecule has 2 aliphatic heterocycles. The number of alkyl halides is 1. The van der Waals surface area contributed by atoms with Gasteiger partial charge in [0.05, 0.1) is 37.3 Å². The van der Waals surface area contributed by atoms with Crippen molar-refractivity contribution in [3.63, 3.8) is 0 Å². The molecule has 0 unspecified atom stereocenters. The van der Waals surface area contributed by atoms with Gasteiger partial charge in [0, 0.05) is 57.8 Å². The summed E-state index contributed by atoms with van der Waals surface area (Å²) in [7, 11) is -2.31. The molecule has 2 aromatic carbocycles. The van der Waals surface area contributed by atoms with E-state index in [-0.39, 0.29) is 42.3 Å². The SMILES string of the molecule is [2H]C([2H])([2H])N1CC/C(=C\F)[C@](C)(C([2H])([2H])Oc2nc(N3CCCC[C@H]4[C@H](F)[C@H]43)c3cnc(-c4cc(O)cc5ccc(F)c(C#C[Si](C(C)C)(C(C)C)C(C)C)c45)c(C)c3n2)C1. The van der Waals surface area contributed by atoms with Crippen molar-refractivity contribution in [2.24, 2.45) is 11.3 Å². The number of benzene rings is 2. The topological polar surface area (TPSA) is 74.6 Å². The predicted octanol–water partition coefficient (Wildman–Crippen LogP) is 10.5. The number of ether oxygens (including phenoxy) is 1. The van der Waals surface area contributed by atoms with Crippen LogP contribution in [0.5, 0.6) is 11.8 Å². The highest BCUT2D eigenvalue weighted by molar-refractivity contribution is 6.90. The second kappa shape index (κ2) is 15.3. The van der Waals surface area contributed by atoms with Crippen molar-refractivity contribution in [2.75, 3.05) is 38.1 Å². The lowest BCUT2D eigenvalue weighted by molar-refractivity contribution is 0.109. The number of fused-ring (bicyclic) bond motifs is 3. The van der Waals surface area contributed by atoms with Crippen LogP contribution in [0.3, 0.4) is 0 Å². The van der Waals surface area contributed by atoms with Gasteiger partial charge in [0.15, 0.2) is 0 Å². The van der Waals surface area contributed by atoms with Crippen LogP contribution >= 0.6 is 0 Å². The summed E-state index contributed by atoms with van der Waals surface area (Å²) in [5, 5.41) is 12.6. The highest BCUT2D eigenvalue weighted by Gasteiger charge is 2.55. The summed E-state index contributed by atoms with van der Waals surface area (Å²) in [6.45, 7) is 11.1. The maximum atomic E-state index is 16.2. The number of phenols is 1. The number of hydrogen-bond donors (Lipinski definition) is 1. The summed E-state index contributed by atoms with van der Waals surface area (Å²) >= 11 is 0. The summed E-state index contributed by atoms with van der Waals surface area (Å²) in [6.07, 6.45) is 3.06. The lowest BCUT2D eigenvalue weighted by atomic mass is 9.78. The zero-order valence-electron chi connectivity index (χ0n) is 38.6. The van der Waals surface area contributed by atoms with E-state index in [1.165, 1.54) is 19.1 Å². The Bertz CT molecular complexity index is 2430. The number of rotatable bonds is 8. The van der Waals surface area contributed by atoms with Crippen molar-refractivity contribution >= 4 is 35.6 Å². The van der Waals surface area contributed by atoms with E-state index in [0.29, 0.717) is 73.8 Å². The van der Waals surface area contributed by atoms with E-state index in [1.807, 2.05) is 4.90 Å². The molecular weight excluding hydrogens is 728 g/mol. The van der Waals surface area contributed by atoms with E-state index in [9.17, 15) is 12.2 Å². The number of aromatic nitrogens is 3. The van der Waals surface area contributed by atoms with Crippen molar-refractivity contribution in [1.29, 1.82) is 0 Å². The number of anilines is 1. The Morgan fingerprint density at radius 2 is 1.88 bits per heavy atom. The van der Waals surface area contributed by atoms with Gasteiger partial charge < -0.3 is 19.6 Å². The van der Waals surface area contributed by atoms with Gasteiger partial charge in [0.25, 0.3) is 0 Å². The monoisotopic (exact) mass is 788 g/mol. The quantitative estimate of drug-likeness (QED) is 0.141. The van der Waals surface area contributed by atoms with Gasteiger partial charge in [-0.15, -0.1) is 5.54 Å². The van der Waals surface area contributed by atoms with Gasteiger partial charge in [-0.05, 0) is 78.9 Å². The third-order valence-corrected chi connectivity index (χ3v) is 19.0. The van der Waals surface area contributed by atoms with Gasteiger partial charge in [-0.1, -0.05) is 66.9 Å². The van der Waals surface area contributed by atoms with E-state index < -0.39 is 51.1 Å². The van der Waals surface area contributed by atoms with E-state index in [4.69, 9.17) is 23.8 Å². The number of likely N-dealkylation sites (tertiary alicyclic amines) is 1. The molecule has 4 heterocycles. The van der Waals surface area contributed by atoms with Crippen LogP contribution in [0.15, 0.2) is 42.4 Å². The lowest BCUT2D eigenvalue weighted by Crippen LogP contribution is -2.44. The minimum atomic E-state index is -2.74. The summed E-state index contributed by atoms with van der Waals surface area (Å²) < 4.78 is 94.8. The fourth-order valence-electron chi connectivity index (χ4n) is 9.69. The Morgan fingerprint density at radius 1 is 1.12 bits per heavy atom.